The predicted octanol–water partition coefficient (Wildman–Crippen LogP) is 0.362. The van der Waals surface area contributed by atoms with E-state index in [-0.39, 0.29) is 18.1 Å². The van der Waals surface area contributed by atoms with Crippen LogP contribution in [-0.2, 0) is 17.9 Å². The Hall–Kier alpha value is -1.78. The summed E-state index contributed by atoms with van der Waals surface area (Å²) in [4.78, 5) is 23.1. The highest BCUT2D eigenvalue weighted by Gasteiger charge is 2.06. The van der Waals surface area contributed by atoms with Crippen molar-refractivity contribution >= 4 is 5.91 Å². The molecule has 5 heteroatoms. The topological polar surface area (TPSA) is 56.0 Å². The largest absolute Gasteiger partial charge is 0.351 e. The number of aryl methyl sites for hydroxylation is 1. The molecular formula is C11H17N3O2. The highest BCUT2D eigenvalue weighted by molar-refractivity contribution is 5.75. The van der Waals surface area contributed by atoms with E-state index < -0.39 is 0 Å². The van der Waals surface area contributed by atoms with Crippen LogP contribution in [0.1, 0.15) is 13.3 Å². The van der Waals surface area contributed by atoms with Gasteiger partial charge in [-0.2, -0.15) is 0 Å². The molecule has 1 heterocycles. The Bertz CT molecular complexity index is 417. The Morgan fingerprint density at radius 2 is 2.19 bits per heavy atom. The van der Waals surface area contributed by atoms with Crippen molar-refractivity contribution in [3.8, 4) is 0 Å². The molecule has 88 valence electrons. The molecule has 1 amide bonds. The summed E-state index contributed by atoms with van der Waals surface area (Å²) in [5.41, 5.74) is -0.143. The van der Waals surface area contributed by atoms with Gasteiger partial charge in [-0.15, -0.1) is 6.58 Å². The van der Waals surface area contributed by atoms with E-state index in [1.165, 1.54) is 4.57 Å². The summed E-state index contributed by atoms with van der Waals surface area (Å²) in [5.74, 6) is -0.184. The standard InChI is InChI=1S/C11H17N3O2/c1-3-5-12-10(15)9-14-8-7-13(6-4-2)11(14)16/h3,7-8H,1,4-6,9H2,2H3,(H,12,15). The van der Waals surface area contributed by atoms with Gasteiger partial charge in [0.1, 0.15) is 6.54 Å². The fourth-order valence-electron chi connectivity index (χ4n) is 1.38. The number of imidazole rings is 1. The third kappa shape index (κ3) is 3.12. The molecule has 0 fully saturated rings. The third-order valence-electron chi connectivity index (χ3n) is 2.14. The maximum atomic E-state index is 11.7. The first-order valence-electron chi connectivity index (χ1n) is 5.32. The average molecular weight is 223 g/mol. The van der Waals surface area contributed by atoms with Gasteiger partial charge in [-0.05, 0) is 6.42 Å². The van der Waals surface area contributed by atoms with Crippen LogP contribution < -0.4 is 11.0 Å². The first-order valence-corrected chi connectivity index (χ1v) is 5.32. The molecule has 0 saturated carbocycles. The molecule has 0 saturated heterocycles. The number of aromatic nitrogens is 2. The lowest BCUT2D eigenvalue weighted by atomic mass is 10.5. The van der Waals surface area contributed by atoms with Gasteiger partial charge in [0.25, 0.3) is 0 Å². The number of amides is 1. The summed E-state index contributed by atoms with van der Waals surface area (Å²) in [5, 5.41) is 2.62. The van der Waals surface area contributed by atoms with Gasteiger partial charge in [-0.1, -0.05) is 13.0 Å². The summed E-state index contributed by atoms with van der Waals surface area (Å²) in [6.07, 6.45) is 5.83. The van der Waals surface area contributed by atoms with Crippen molar-refractivity contribution in [2.45, 2.75) is 26.4 Å². The summed E-state index contributed by atoms with van der Waals surface area (Å²) in [6, 6.07) is 0. The molecule has 1 aromatic heterocycles. The van der Waals surface area contributed by atoms with Crippen LogP contribution in [0.2, 0.25) is 0 Å². The lowest BCUT2D eigenvalue weighted by molar-refractivity contribution is -0.121. The molecule has 0 aliphatic carbocycles. The number of nitrogens with one attached hydrogen (secondary N) is 1. The number of rotatable bonds is 6. The fourth-order valence-corrected chi connectivity index (χ4v) is 1.38. The molecule has 0 spiro atoms. The first-order chi connectivity index (χ1) is 7.69. The minimum Gasteiger partial charge on any atom is -0.351 e. The zero-order chi connectivity index (χ0) is 12.0. The van der Waals surface area contributed by atoms with Crippen LogP contribution in [0.4, 0.5) is 0 Å². The number of carbonyl (C=O) groups is 1. The van der Waals surface area contributed by atoms with E-state index >= 15 is 0 Å². The Kier molecular flexibility index (Phi) is 4.57. The van der Waals surface area contributed by atoms with Crippen molar-refractivity contribution in [2.24, 2.45) is 0 Å². The quantitative estimate of drug-likeness (QED) is 0.708. The van der Waals surface area contributed by atoms with E-state index in [0.29, 0.717) is 13.1 Å². The van der Waals surface area contributed by atoms with Gasteiger partial charge in [0.05, 0.1) is 0 Å². The Balaban J connectivity index is 2.64. The zero-order valence-corrected chi connectivity index (χ0v) is 9.48. The molecule has 0 aromatic carbocycles. The van der Waals surface area contributed by atoms with Crippen molar-refractivity contribution in [1.82, 2.24) is 14.5 Å². The normalized spacial score (nSPS) is 10.1. The van der Waals surface area contributed by atoms with Gasteiger partial charge in [0.2, 0.25) is 5.91 Å². The van der Waals surface area contributed by atoms with Crippen molar-refractivity contribution in [1.29, 1.82) is 0 Å². The second-order valence-electron chi connectivity index (χ2n) is 3.49. The molecule has 5 nitrogen and oxygen atoms in total. The van der Waals surface area contributed by atoms with Crippen molar-refractivity contribution in [3.63, 3.8) is 0 Å². The van der Waals surface area contributed by atoms with Crippen molar-refractivity contribution in [3.05, 3.63) is 35.5 Å². The maximum absolute atomic E-state index is 11.7. The second-order valence-corrected chi connectivity index (χ2v) is 3.49. The molecule has 0 unspecified atom stereocenters. The Morgan fingerprint density at radius 1 is 1.50 bits per heavy atom. The monoisotopic (exact) mass is 223 g/mol. The van der Waals surface area contributed by atoms with E-state index in [2.05, 4.69) is 11.9 Å². The van der Waals surface area contributed by atoms with Crippen molar-refractivity contribution in [2.75, 3.05) is 6.54 Å². The maximum Gasteiger partial charge on any atom is 0.328 e. The SMILES string of the molecule is C=CCNC(=O)Cn1ccn(CCC)c1=O. The van der Waals surface area contributed by atoms with Crippen LogP contribution in [0.15, 0.2) is 29.8 Å². The highest BCUT2D eigenvalue weighted by Crippen LogP contribution is 1.88. The Morgan fingerprint density at radius 3 is 2.81 bits per heavy atom. The molecule has 0 atom stereocenters. The number of hydrogen-bond donors (Lipinski definition) is 1. The van der Waals surface area contributed by atoms with E-state index in [1.807, 2.05) is 6.92 Å². The van der Waals surface area contributed by atoms with E-state index in [9.17, 15) is 9.59 Å². The molecule has 0 radical (unpaired) electrons. The molecule has 0 aliphatic rings. The van der Waals surface area contributed by atoms with Crippen LogP contribution >= 0.6 is 0 Å². The molecule has 0 aliphatic heterocycles. The molecule has 1 aromatic rings. The second kappa shape index (κ2) is 5.95. The van der Waals surface area contributed by atoms with Gasteiger partial charge < -0.3 is 5.32 Å². The molecular weight excluding hydrogens is 206 g/mol. The lowest BCUT2D eigenvalue weighted by Gasteiger charge is -2.02. The highest BCUT2D eigenvalue weighted by atomic mass is 16.2. The lowest BCUT2D eigenvalue weighted by Crippen LogP contribution is -2.32. The number of nitrogens with zero attached hydrogens (tertiary/aromatic N) is 2. The average Bonchev–Trinajstić information content (AvgIpc) is 2.59. The smallest absolute Gasteiger partial charge is 0.328 e. The summed E-state index contributed by atoms with van der Waals surface area (Å²) in [7, 11) is 0. The van der Waals surface area contributed by atoms with Gasteiger partial charge in [-0.3, -0.25) is 13.9 Å². The van der Waals surface area contributed by atoms with E-state index in [0.717, 1.165) is 6.42 Å². The van der Waals surface area contributed by atoms with E-state index in [1.54, 1.807) is 23.0 Å². The van der Waals surface area contributed by atoms with Crippen LogP contribution in [0.3, 0.4) is 0 Å². The third-order valence-corrected chi connectivity index (χ3v) is 2.14. The molecule has 1 rings (SSSR count). The van der Waals surface area contributed by atoms with Crippen LogP contribution in [0.25, 0.3) is 0 Å². The summed E-state index contributed by atoms with van der Waals surface area (Å²) < 4.78 is 2.99. The van der Waals surface area contributed by atoms with Gasteiger partial charge in [0, 0.05) is 25.5 Å². The minimum atomic E-state index is -0.184. The van der Waals surface area contributed by atoms with E-state index in [4.69, 9.17) is 0 Å². The van der Waals surface area contributed by atoms with Gasteiger partial charge >= 0.3 is 5.69 Å². The van der Waals surface area contributed by atoms with Crippen molar-refractivity contribution < 1.29 is 4.79 Å². The summed E-state index contributed by atoms with van der Waals surface area (Å²) in [6.45, 7) is 6.66. The fraction of sp³-hybridized carbons (Fsp3) is 0.455. The minimum absolute atomic E-state index is 0.0589. The number of hydrogen-bond acceptors (Lipinski definition) is 2. The molecule has 16 heavy (non-hydrogen) atoms. The van der Waals surface area contributed by atoms with Crippen LogP contribution in [-0.4, -0.2) is 21.6 Å². The predicted molar refractivity (Wildman–Crippen MR) is 62.2 cm³/mol. The number of carbonyl (C=O) groups excluding carboxylic acids is 1. The van der Waals surface area contributed by atoms with Crippen LogP contribution in [0, 0.1) is 0 Å². The van der Waals surface area contributed by atoms with Gasteiger partial charge in [0.15, 0.2) is 0 Å². The first kappa shape index (κ1) is 12.3. The summed E-state index contributed by atoms with van der Waals surface area (Å²) >= 11 is 0. The Labute approximate surface area is 94.4 Å². The van der Waals surface area contributed by atoms with Gasteiger partial charge in [-0.25, -0.2) is 4.79 Å². The molecule has 0 bridgehead atoms. The molecule has 1 N–H and O–H groups in total. The van der Waals surface area contributed by atoms with Crippen LogP contribution in [0.5, 0.6) is 0 Å². The zero-order valence-electron chi connectivity index (χ0n) is 9.48.